The summed E-state index contributed by atoms with van der Waals surface area (Å²) in [5.41, 5.74) is 0.461. The molecule has 0 amide bonds. The Morgan fingerprint density at radius 1 is 1.07 bits per heavy atom. The van der Waals surface area contributed by atoms with Crippen LogP contribution >= 0.6 is 0 Å². The van der Waals surface area contributed by atoms with Gasteiger partial charge in [0.25, 0.3) is 11.4 Å². The monoisotopic (exact) mass is 387 g/mol. The molecule has 1 heterocycles. The molecule has 0 spiro atoms. The van der Waals surface area contributed by atoms with Gasteiger partial charge in [-0.1, -0.05) is 12.1 Å². The lowest BCUT2D eigenvalue weighted by atomic mass is 9.74. The van der Waals surface area contributed by atoms with E-state index in [1.54, 1.807) is 7.11 Å². The highest BCUT2D eigenvalue weighted by molar-refractivity contribution is 5.65. The summed E-state index contributed by atoms with van der Waals surface area (Å²) in [7, 11) is 1.61. The summed E-state index contributed by atoms with van der Waals surface area (Å²) in [6, 6.07) is 11.4. The van der Waals surface area contributed by atoms with Crippen molar-refractivity contribution in [1.82, 2.24) is 0 Å². The van der Waals surface area contributed by atoms with Gasteiger partial charge in [0.05, 0.1) is 23.0 Å². The molecule has 0 atom stereocenters. The van der Waals surface area contributed by atoms with E-state index in [4.69, 9.17) is 9.47 Å². The van der Waals surface area contributed by atoms with Crippen LogP contribution in [0.25, 0.3) is 0 Å². The summed E-state index contributed by atoms with van der Waals surface area (Å²) in [4.78, 5) is 21.0. The summed E-state index contributed by atoms with van der Waals surface area (Å²) < 4.78 is 10.7. The van der Waals surface area contributed by atoms with Crippen molar-refractivity contribution in [3.8, 4) is 5.75 Å². The van der Waals surface area contributed by atoms with Crippen LogP contribution in [0.4, 0.5) is 17.1 Å². The Morgan fingerprint density at radius 2 is 1.75 bits per heavy atom. The number of ether oxygens (including phenoxy) is 2. The molecule has 1 saturated heterocycles. The number of non-ortho nitro benzene ring substituents is 1. The van der Waals surface area contributed by atoms with Crippen molar-refractivity contribution in [3.05, 3.63) is 68.3 Å². The summed E-state index contributed by atoms with van der Waals surface area (Å²) in [6.45, 7) is 1.63. The van der Waals surface area contributed by atoms with Crippen LogP contribution in [0.3, 0.4) is 0 Å². The summed E-state index contributed by atoms with van der Waals surface area (Å²) >= 11 is 0. The molecule has 0 aliphatic carbocycles. The molecule has 0 bridgehead atoms. The summed E-state index contributed by atoms with van der Waals surface area (Å²) in [5, 5.41) is 25.4. The molecule has 0 radical (unpaired) electrons. The van der Waals surface area contributed by atoms with E-state index in [0.29, 0.717) is 19.8 Å². The molecule has 1 N–H and O–H groups in total. The second-order valence-corrected chi connectivity index (χ2v) is 6.69. The molecule has 0 saturated carbocycles. The summed E-state index contributed by atoms with van der Waals surface area (Å²) in [5.74, 6) is 0.755. The summed E-state index contributed by atoms with van der Waals surface area (Å²) in [6.07, 6.45) is 1.51. The maximum atomic E-state index is 11.4. The minimum atomic E-state index is -0.645. The number of nitro benzene ring substituents is 2. The molecule has 1 aliphatic heterocycles. The molecule has 28 heavy (non-hydrogen) atoms. The van der Waals surface area contributed by atoms with Gasteiger partial charge in [-0.15, -0.1) is 0 Å². The number of hydrogen-bond acceptors (Lipinski definition) is 7. The first-order valence-corrected chi connectivity index (χ1v) is 8.84. The number of hydrogen-bond donors (Lipinski definition) is 1. The van der Waals surface area contributed by atoms with Gasteiger partial charge in [0.2, 0.25) is 0 Å². The van der Waals surface area contributed by atoms with Gasteiger partial charge in [0.15, 0.2) is 0 Å². The van der Waals surface area contributed by atoms with E-state index in [2.05, 4.69) is 5.32 Å². The van der Waals surface area contributed by atoms with E-state index in [0.717, 1.165) is 30.2 Å². The molecule has 148 valence electrons. The predicted octanol–water partition coefficient (Wildman–Crippen LogP) is 3.67. The lowest BCUT2D eigenvalue weighted by Crippen LogP contribution is -2.40. The molecule has 0 unspecified atom stereocenters. The molecule has 2 aromatic carbocycles. The van der Waals surface area contributed by atoms with Crippen molar-refractivity contribution in [3.63, 3.8) is 0 Å². The van der Waals surface area contributed by atoms with E-state index >= 15 is 0 Å². The molecule has 9 nitrogen and oxygen atoms in total. The highest BCUT2D eigenvalue weighted by atomic mass is 16.6. The number of nitro groups is 2. The Labute approximate surface area is 161 Å². The first kappa shape index (κ1) is 19.6. The zero-order valence-corrected chi connectivity index (χ0v) is 15.4. The number of anilines is 1. The van der Waals surface area contributed by atoms with Crippen LogP contribution in [-0.4, -0.2) is 36.7 Å². The quantitative estimate of drug-likeness (QED) is 0.569. The second-order valence-electron chi connectivity index (χ2n) is 6.69. The standard InChI is InChI=1S/C19H21N3O6/c1-27-16-5-2-14(3-6-16)19(8-10-28-11-9-19)13-20-17-7-4-15(21(23)24)12-18(17)22(25)26/h2-7,12,20H,8-11,13H2,1H3. The molecule has 9 heteroatoms. The molecule has 0 aromatic heterocycles. The predicted molar refractivity (Wildman–Crippen MR) is 103 cm³/mol. The third-order valence-electron chi connectivity index (χ3n) is 5.16. The van der Waals surface area contributed by atoms with Gasteiger partial charge in [-0.05, 0) is 36.6 Å². The van der Waals surface area contributed by atoms with E-state index in [9.17, 15) is 20.2 Å². The Balaban J connectivity index is 1.88. The van der Waals surface area contributed by atoms with E-state index in [1.807, 2.05) is 24.3 Å². The fraction of sp³-hybridized carbons (Fsp3) is 0.368. The first-order valence-electron chi connectivity index (χ1n) is 8.84. The Hall–Kier alpha value is -3.20. The van der Waals surface area contributed by atoms with Gasteiger partial charge in [-0.2, -0.15) is 0 Å². The minimum absolute atomic E-state index is 0.259. The van der Waals surface area contributed by atoms with E-state index < -0.39 is 9.85 Å². The van der Waals surface area contributed by atoms with Crippen LogP contribution in [0.5, 0.6) is 5.75 Å². The average molecular weight is 387 g/mol. The Kier molecular flexibility index (Phi) is 5.74. The van der Waals surface area contributed by atoms with Crippen LogP contribution in [0, 0.1) is 20.2 Å². The van der Waals surface area contributed by atoms with Crippen molar-refractivity contribution in [2.24, 2.45) is 0 Å². The van der Waals surface area contributed by atoms with Crippen LogP contribution < -0.4 is 10.1 Å². The van der Waals surface area contributed by atoms with Crippen LogP contribution in [0.1, 0.15) is 18.4 Å². The van der Waals surface area contributed by atoms with Gasteiger partial charge >= 0.3 is 0 Å². The highest BCUT2D eigenvalue weighted by Gasteiger charge is 2.35. The van der Waals surface area contributed by atoms with Crippen molar-refractivity contribution in [1.29, 1.82) is 0 Å². The number of nitrogens with one attached hydrogen (secondary N) is 1. The SMILES string of the molecule is COc1ccc(C2(CNc3ccc([N+](=O)[O-])cc3[N+](=O)[O-])CCOCC2)cc1. The smallest absolute Gasteiger partial charge is 0.299 e. The lowest BCUT2D eigenvalue weighted by Gasteiger charge is -2.38. The van der Waals surface area contributed by atoms with Gasteiger partial charge in [-0.25, -0.2) is 0 Å². The number of nitrogens with zero attached hydrogens (tertiary/aromatic N) is 2. The van der Waals surface area contributed by atoms with Crippen molar-refractivity contribution < 1.29 is 19.3 Å². The van der Waals surface area contributed by atoms with Crippen LogP contribution in [0.2, 0.25) is 0 Å². The van der Waals surface area contributed by atoms with E-state index in [1.165, 1.54) is 12.1 Å². The zero-order valence-electron chi connectivity index (χ0n) is 15.4. The normalized spacial score (nSPS) is 15.6. The first-order chi connectivity index (χ1) is 13.4. The van der Waals surface area contributed by atoms with Crippen molar-refractivity contribution >= 4 is 17.1 Å². The lowest BCUT2D eigenvalue weighted by molar-refractivity contribution is -0.393. The third kappa shape index (κ3) is 4.04. The largest absolute Gasteiger partial charge is 0.497 e. The topological polar surface area (TPSA) is 117 Å². The molecule has 3 rings (SSSR count). The Bertz CT molecular complexity index is 862. The van der Waals surface area contributed by atoms with Gasteiger partial charge in [-0.3, -0.25) is 20.2 Å². The number of methoxy groups -OCH3 is 1. The molecule has 1 fully saturated rings. The van der Waals surface area contributed by atoms with Crippen LogP contribution in [0.15, 0.2) is 42.5 Å². The van der Waals surface area contributed by atoms with Gasteiger partial charge in [0.1, 0.15) is 11.4 Å². The molecule has 2 aromatic rings. The molecule has 1 aliphatic rings. The maximum absolute atomic E-state index is 11.4. The minimum Gasteiger partial charge on any atom is -0.497 e. The zero-order chi connectivity index (χ0) is 20.1. The average Bonchev–Trinajstić information content (AvgIpc) is 2.72. The Morgan fingerprint density at radius 3 is 2.32 bits per heavy atom. The van der Waals surface area contributed by atoms with Gasteiger partial charge < -0.3 is 14.8 Å². The number of rotatable bonds is 7. The van der Waals surface area contributed by atoms with Gasteiger partial charge in [0, 0.05) is 31.2 Å². The van der Waals surface area contributed by atoms with Crippen molar-refractivity contribution in [2.75, 3.05) is 32.2 Å². The third-order valence-corrected chi connectivity index (χ3v) is 5.16. The fourth-order valence-electron chi connectivity index (χ4n) is 3.47. The molecular weight excluding hydrogens is 366 g/mol. The highest BCUT2D eigenvalue weighted by Crippen LogP contribution is 2.37. The van der Waals surface area contributed by atoms with Crippen molar-refractivity contribution in [2.45, 2.75) is 18.3 Å². The maximum Gasteiger partial charge on any atom is 0.299 e. The molecular formula is C19H21N3O6. The van der Waals surface area contributed by atoms with E-state index in [-0.39, 0.29) is 22.5 Å². The number of benzene rings is 2. The van der Waals surface area contributed by atoms with Crippen LogP contribution in [-0.2, 0) is 10.2 Å². The second kappa shape index (κ2) is 8.22. The fourth-order valence-corrected chi connectivity index (χ4v) is 3.47.